The molecule has 0 radical (unpaired) electrons. The number of hydrogen-bond acceptors (Lipinski definition) is 3. The largest absolute Gasteiger partial charge is 0.391 e. The van der Waals surface area contributed by atoms with Crippen LogP contribution in [0.25, 0.3) is 0 Å². The van der Waals surface area contributed by atoms with Crippen LogP contribution in [0.2, 0.25) is 5.02 Å². The predicted octanol–water partition coefficient (Wildman–Crippen LogP) is 1.58. The number of carbonyl (C=O) groups excluding carboxylic acids is 1. The highest BCUT2D eigenvalue weighted by molar-refractivity contribution is 6.33. The van der Waals surface area contributed by atoms with Crippen LogP contribution in [0.1, 0.15) is 23.7 Å². The highest BCUT2D eigenvalue weighted by atomic mass is 35.5. The lowest BCUT2D eigenvalue weighted by Gasteiger charge is -2.34. The minimum Gasteiger partial charge on any atom is -0.391 e. The van der Waals surface area contributed by atoms with Crippen molar-refractivity contribution >= 4 is 17.5 Å². The topological polar surface area (TPSA) is 53.4 Å². The first kappa shape index (κ1) is 12.3. The van der Waals surface area contributed by atoms with Crippen molar-refractivity contribution in [1.82, 2.24) is 9.88 Å². The molecule has 4 nitrogen and oxygen atoms in total. The van der Waals surface area contributed by atoms with Crippen LogP contribution < -0.4 is 0 Å². The van der Waals surface area contributed by atoms with Gasteiger partial charge in [0, 0.05) is 25.5 Å². The molecule has 1 fully saturated rings. The minimum absolute atomic E-state index is 0.136. The quantitative estimate of drug-likeness (QED) is 0.828. The van der Waals surface area contributed by atoms with Gasteiger partial charge >= 0.3 is 0 Å². The van der Waals surface area contributed by atoms with Crippen LogP contribution in [0, 0.1) is 5.92 Å². The zero-order valence-corrected chi connectivity index (χ0v) is 10.4. The van der Waals surface area contributed by atoms with Crippen LogP contribution in [0.4, 0.5) is 0 Å². The predicted molar refractivity (Wildman–Crippen MR) is 64.9 cm³/mol. The summed E-state index contributed by atoms with van der Waals surface area (Å²) in [4.78, 5) is 17.7. The fourth-order valence-electron chi connectivity index (χ4n) is 1.95. The molecule has 1 saturated heterocycles. The first-order chi connectivity index (χ1) is 8.09. The van der Waals surface area contributed by atoms with E-state index in [4.69, 9.17) is 11.6 Å². The lowest BCUT2D eigenvalue weighted by molar-refractivity contribution is 0.0248. The molecule has 2 heterocycles. The maximum Gasteiger partial charge on any atom is 0.255 e. The first-order valence-electron chi connectivity index (χ1n) is 5.66. The van der Waals surface area contributed by atoms with Gasteiger partial charge in [0.05, 0.1) is 16.7 Å². The van der Waals surface area contributed by atoms with Crippen molar-refractivity contribution in [3.05, 3.63) is 29.0 Å². The minimum atomic E-state index is -0.451. The van der Waals surface area contributed by atoms with Crippen LogP contribution in [0.3, 0.4) is 0 Å². The van der Waals surface area contributed by atoms with Gasteiger partial charge in [-0.2, -0.15) is 0 Å². The van der Waals surface area contributed by atoms with Crippen molar-refractivity contribution in [3.63, 3.8) is 0 Å². The van der Waals surface area contributed by atoms with Crippen LogP contribution in [0.15, 0.2) is 18.5 Å². The molecule has 17 heavy (non-hydrogen) atoms. The third kappa shape index (κ3) is 2.58. The zero-order valence-electron chi connectivity index (χ0n) is 9.64. The first-order valence-corrected chi connectivity index (χ1v) is 6.04. The standard InChI is InChI=1S/C12H15ClN2O2/c1-8-3-5-15(7-11(8)16)12(17)9-2-4-14-6-10(9)13/h2,4,6,8,11,16H,3,5,7H2,1H3. The van der Waals surface area contributed by atoms with E-state index in [-0.39, 0.29) is 11.8 Å². The van der Waals surface area contributed by atoms with Crippen molar-refractivity contribution in [2.45, 2.75) is 19.4 Å². The van der Waals surface area contributed by atoms with E-state index in [9.17, 15) is 9.90 Å². The van der Waals surface area contributed by atoms with Gasteiger partial charge in [0.15, 0.2) is 0 Å². The van der Waals surface area contributed by atoms with Gasteiger partial charge < -0.3 is 10.0 Å². The van der Waals surface area contributed by atoms with Crippen molar-refractivity contribution in [1.29, 1.82) is 0 Å². The number of hydrogen-bond donors (Lipinski definition) is 1. The van der Waals surface area contributed by atoms with Gasteiger partial charge in [-0.15, -0.1) is 0 Å². The number of rotatable bonds is 1. The van der Waals surface area contributed by atoms with E-state index < -0.39 is 6.10 Å². The summed E-state index contributed by atoms with van der Waals surface area (Å²) in [5.41, 5.74) is 0.448. The molecule has 0 aliphatic carbocycles. The van der Waals surface area contributed by atoms with Crippen molar-refractivity contribution in [2.24, 2.45) is 5.92 Å². The average Bonchev–Trinajstić information content (AvgIpc) is 2.32. The number of β-amino-alcohol motifs (C(OH)–C–C–N with tert-alkyl or cyclic N) is 1. The highest BCUT2D eigenvalue weighted by Gasteiger charge is 2.28. The van der Waals surface area contributed by atoms with E-state index in [1.54, 1.807) is 17.2 Å². The smallest absolute Gasteiger partial charge is 0.255 e. The molecule has 2 unspecified atom stereocenters. The van der Waals surface area contributed by atoms with E-state index in [2.05, 4.69) is 4.98 Å². The lowest BCUT2D eigenvalue weighted by atomic mass is 9.95. The van der Waals surface area contributed by atoms with Gasteiger partial charge in [-0.25, -0.2) is 0 Å². The van der Waals surface area contributed by atoms with Crippen molar-refractivity contribution < 1.29 is 9.90 Å². The van der Waals surface area contributed by atoms with Crippen LogP contribution in [0.5, 0.6) is 0 Å². The fraction of sp³-hybridized carbons (Fsp3) is 0.500. The Bertz CT molecular complexity index is 425. The average molecular weight is 255 g/mol. The van der Waals surface area contributed by atoms with Gasteiger partial charge in [0.2, 0.25) is 0 Å². The molecule has 2 atom stereocenters. The molecule has 1 aliphatic heterocycles. The Kier molecular flexibility index (Phi) is 3.64. The second kappa shape index (κ2) is 5.02. The van der Waals surface area contributed by atoms with E-state index in [1.165, 1.54) is 6.20 Å². The molecule has 92 valence electrons. The molecule has 5 heteroatoms. The number of carbonyl (C=O) groups is 1. The number of halogens is 1. The molecule has 0 saturated carbocycles. The second-order valence-corrected chi connectivity index (χ2v) is 4.85. The maximum atomic E-state index is 12.2. The summed E-state index contributed by atoms with van der Waals surface area (Å²) in [7, 11) is 0. The van der Waals surface area contributed by atoms with Gasteiger partial charge in [0.1, 0.15) is 0 Å². The van der Waals surface area contributed by atoms with Gasteiger partial charge in [-0.05, 0) is 18.4 Å². The summed E-state index contributed by atoms with van der Waals surface area (Å²) in [5, 5.41) is 10.1. The Labute approximate surface area is 105 Å². The Morgan fingerprint density at radius 1 is 1.65 bits per heavy atom. The van der Waals surface area contributed by atoms with Crippen LogP contribution in [-0.2, 0) is 0 Å². The zero-order chi connectivity index (χ0) is 12.4. The van der Waals surface area contributed by atoms with E-state index in [1.807, 2.05) is 6.92 Å². The van der Waals surface area contributed by atoms with E-state index in [0.29, 0.717) is 23.7 Å². The Morgan fingerprint density at radius 2 is 2.41 bits per heavy atom. The number of likely N-dealkylation sites (tertiary alicyclic amines) is 1. The third-order valence-electron chi connectivity index (χ3n) is 3.21. The molecule has 1 aliphatic rings. The number of aromatic nitrogens is 1. The molecule has 0 spiro atoms. The number of piperidine rings is 1. The number of pyridine rings is 1. The van der Waals surface area contributed by atoms with Crippen LogP contribution in [-0.4, -0.2) is 40.1 Å². The van der Waals surface area contributed by atoms with Crippen LogP contribution >= 0.6 is 11.6 Å². The molecule has 1 aromatic rings. The van der Waals surface area contributed by atoms with Gasteiger partial charge in [-0.1, -0.05) is 18.5 Å². The molecule has 1 amide bonds. The van der Waals surface area contributed by atoms with E-state index >= 15 is 0 Å². The molecular formula is C12H15ClN2O2. The summed E-state index contributed by atoms with van der Waals surface area (Å²) in [6.45, 7) is 3.03. The molecular weight excluding hydrogens is 240 g/mol. The SMILES string of the molecule is CC1CCN(C(=O)c2ccncc2Cl)CC1O. The number of aliphatic hydroxyl groups is 1. The summed E-state index contributed by atoms with van der Waals surface area (Å²) in [6, 6.07) is 1.61. The lowest BCUT2D eigenvalue weighted by Crippen LogP contribution is -2.45. The normalized spacial score (nSPS) is 24.8. The Morgan fingerprint density at radius 3 is 3.06 bits per heavy atom. The Hall–Kier alpha value is -1.13. The summed E-state index contributed by atoms with van der Waals surface area (Å²) in [6.07, 6.45) is 3.36. The summed E-state index contributed by atoms with van der Waals surface area (Å²) < 4.78 is 0. The number of amides is 1. The molecule has 1 N–H and O–H groups in total. The second-order valence-electron chi connectivity index (χ2n) is 4.44. The van der Waals surface area contributed by atoms with Gasteiger partial charge in [0.25, 0.3) is 5.91 Å². The summed E-state index contributed by atoms with van der Waals surface area (Å²) in [5.74, 6) is 0.107. The highest BCUT2D eigenvalue weighted by Crippen LogP contribution is 2.21. The number of aliphatic hydroxyl groups excluding tert-OH is 1. The molecule has 0 bridgehead atoms. The van der Waals surface area contributed by atoms with E-state index in [0.717, 1.165) is 6.42 Å². The van der Waals surface area contributed by atoms with Gasteiger partial charge in [-0.3, -0.25) is 9.78 Å². The maximum absolute atomic E-state index is 12.2. The third-order valence-corrected chi connectivity index (χ3v) is 3.51. The molecule has 2 rings (SSSR count). The molecule has 1 aromatic heterocycles. The Balaban J connectivity index is 2.14. The monoisotopic (exact) mass is 254 g/mol. The summed E-state index contributed by atoms with van der Waals surface area (Å²) >= 11 is 5.93. The fourth-order valence-corrected chi connectivity index (χ4v) is 2.15. The van der Waals surface area contributed by atoms with Crippen molar-refractivity contribution in [2.75, 3.05) is 13.1 Å². The molecule has 0 aromatic carbocycles. The van der Waals surface area contributed by atoms with Crippen molar-refractivity contribution in [3.8, 4) is 0 Å². The number of nitrogens with zero attached hydrogens (tertiary/aromatic N) is 2.